The van der Waals surface area contributed by atoms with Crippen LogP contribution in [0.15, 0.2) is 22.8 Å². The highest BCUT2D eigenvalue weighted by Gasteiger charge is 2.22. The molecule has 1 aliphatic carbocycles. The Bertz CT molecular complexity index is 531. The van der Waals surface area contributed by atoms with Crippen LogP contribution >= 0.6 is 15.9 Å². The van der Waals surface area contributed by atoms with Crippen LogP contribution in [0.5, 0.6) is 5.75 Å². The maximum atomic E-state index is 5.78. The lowest BCUT2D eigenvalue weighted by Crippen LogP contribution is -1.99. The van der Waals surface area contributed by atoms with Gasteiger partial charge >= 0.3 is 0 Å². The van der Waals surface area contributed by atoms with E-state index in [1.165, 1.54) is 12.8 Å². The smallest absolute Gasteiger partial charge is 0.135 e. The van der Waals surface area contributed by atoms with Crippen molar-refractivity contribution in [3.63, 3.8) is 0 Å². The Balaban J connectivity index is 1.92. The van der Waals surface area contributed by atoms with Gasteiger partial charge in [0.25, 0.3) is 0 Å². The average Bonchev–Trinajstić information content (AvgIpc) is 2.98. The molecule has 2 aromatic rings. The summed E-state index contributed by atoms with van der Waals surface area (Å²) in [5.41, 5.74) is 0.983. The molecule has 1 aliphatic rings. The van der Waals surface area contributed by atoms with Crippen molar-refractivity contribution in [3.8, 4) is 5.75 Å². The number of fused-ring (bicyclic) bond motifs is 1. The molecule has 1 aromatic heterocycles. The molecule has 0 aliphatic heterocycles. The first kappa shape index (κ1) is 10.1. The summed E-state index contributed by atoms with van der Waals surface area (Å²) in [5.74, 6) is 1.67. The molecular formula is C12H13BrN2O. The highest BCUT2D eigenvalue weighted by molar-refractivity contribution is 9.10. The van der Waals surface area contributed by atoms with E-state index in [-0.39, 0.29) is 0 Å². The van der Waals surface area contributed by atoms with Gasteiger partial charge in [-0.3, -0.25) is 4.68 Å². The minimum Gasteiger partial charge on any atom is -0.492 e. The summed E-state index contributed by atoms with van der Waals surface area (Å²) in [6, 6.07) is 4.06. The number of benzene rings is 1. The third-order valence-corrected chi connectivity index (χ3v) is 3.46. The van der Waals surface area contributed by atoms with Crippen molar-refractivity contribution in [2.24, 2.45) is 13.0 Å². The minimum atomic E-state index is 0.770. The van der Waals surface area contributed by atoms with Gasteiger partial charge in [-0.05, 0) is 40.8 Å². The van der Waals surface area contributed by atoms with Crippen LogP contribution in [0.4, 0.5) is 0 Å². The molecule has 0 radical (unpaired) electrons. The van der Waals surface area contributed by atoms with Crippen molar-refractivity contribution in [2.45, 2.75) is 12.8 Å². The fraction of sp³-hybridized carbons (Fsp3) is 0.417. The molecule has 3 nitrogen and oxygen atoms in total. The molecule has 1 saturated carbocycles. The highest BCUT2D eigenvalue weighted by atomic mass is 79.9. The first-order chi connectivity index (χ1) is 7.72. The summed E-state index contributed by atoms with van der Waals surface area (Å²) in [7, 11) is 1.93. The number of halogens is 1. The van der Waals surface area contributed by atoms with Crippen LogP contribution in [-0.2, 0) is 7.05 Å². The predicted octanol–water partition coefficient (Wildman–Crippen LogP) is 3.12. The summed E-state index contributed by atoms with van der Waals surface area (Å²) in [4.78, 5) is 0. The molecule has 0 N–H and O–H groups in total. The predicted molar refractivity (Wildman–Crippen MR) is 66.6 cm³/mol. The van der Waals surface area contributed by atoms with Gasteiger partial charge in [0.1, 0.15) is 5.75 Å². The standard InChI is InChI=1S/C12H13BrN2O/c1-15-6-9-4-10(13)12(5-11(9)14-15)16-7-8-2-3-8/h4-6,8H,2-3,7H2,1H3. The number of aryl methyl sites for hydroxylation is 1. The largest absolute Gasteiger partial charge is 0.492 e. The molecule has 84 valence electrons. The fourth-order valence-electron chi connectivity index (χ4n) is 1.75. The van der Waals surface area contributed by atoms with E-state index >= 15 is 0 Å². The average molecular weight is 281 g/mol. The number of nitrogens with zero attached hydrogens (tertiary/aromatic N) is 2. The van der Waals surface area contributed by atoms with Crippen molar-refractivity contribution < 1.29 is 4.74 Å². The number of hydrogen-bond acceptors (Lipinski definition) is 2. The van der Waals surface area contributed by atoms with E-state index in [2.05, 4.69) is 27.1 Å². The summed E-state index contributed by atoms with van der Waals surface area (Å²) in [6.45, 7) is 0.830. The second kappa shape index (κ2) is 3.77. The van der Waals surface area contributed by atoms with E-state index in [9.17, 15) is 0 Å². The Labute approximate surface area is 103 Å². The number of rotatable bonds is 3. The monoisotopic (exact) mass is 280 g/mol. The SMILES string of the molecule is Cn1cc2cc(Br)c(OCC3CC3)cc2n1. The lowest BCUT2D eigenvalue weighted by atomic mass is 10.2. The molecule has 1 fully saturated rings. The lowest BCUT2D eigenvalue weighted by molar-refractivity contribution is 0.298. The molecule has 16 heavy (non-hydrogen) atoms. The zero-order chi connectivity index (χ0) is 11.1. The van der Waals surface area contributed by atoms with Gasteiger partial charge in [-0.2, -0.15) is 5.10 Å². The fourth-order valence-corrected chi connectivity index (χ4v) is 2.23. The minimum absolute atomic E-state index is 0.770. The first-order valence-corrected chi connectivity index (χ1v) is 6.27. The summed E-state index contributed by atoms with van der Waals surface area (Å²) < 4.78 is 8.61. The van der Waals surface area contributed by atoms with Crippen LogP contribution in [0.2, 0.25) is 0 Å². The van der Waals surface area contributed by atoms with Crippen molar-refractivity contribution in [1.29, 1.82) is 0 Å². The van der Waals surface area contributed by atoms with Gasteiger partial charge in [0.2, 0.25) is 0 Å². The summed E-state index contributed by atoms with van der Waals surface area (Å²) in [5, 5.41) is 5.51. The zero-order valence-corrected chi connectivity index (χ0v) is 10.7. The van der Waals surface area contributed by atoms with Gasteiger partial charge in [-0.15, -0.1) is 0 Å². The van der Waals surface area contributed by atoms with E-state index < -0.39 is 0 Å². The molecule has 1 heterocycles. The number of aromatic nitrogens is 2. The topological polar surface area (TPSA) is 27.1 Å². The third kappa shape index (κ3) is 1.94. The molecule has 0 bridgehead atoms. The second-order valence-electron chi connectivity index (χ2n) is 4.40. The van der Waals surface area contributed by atoms with Crippen LogP contribution < -0.4 is 4.74 Å². The van der Waals surface area contributed by atoms with E-state index in [0.717, 1.165) is 33.6 Å². The number of ether oxygens (including phenoxy) is 1. The Morgan fingerprint density at radius 2 is 2.31 bits per heavy atom. The van der Waals surface area contributed by atoms with Crippen LogP contribution in [0.3, 0.4) is 0 Å². The van der Waals surface area contributed by atoms with Gasteiger partial charge in [-0.25, -0.2) is 0 Å². The van der Waals surface area contributed by atoms with E-state index in [1.54, 1.807) is 0 Å². The first-order valence-electron chi connectivity index (χ1n) is 5.48. The third-order valence-electron chi connectivity index (χ3n) is 2.84. The van der Waals surface area contributed by atoms with Gasteiger partial charge in [0, 0.05) is 24.7 Å². The normalized spacial score (nSPS) is 15.6. The summed E-state index contributed by atoms with van der Waals surface area (Å²) in [6.07, 6.45) is 4.62. The Morgan fingerprint density at radius 1 is 1.50 bits per heavy atom. The lowest BCUT2D eigenvalue weighted by Gasteiger charge is -2.06. The highest BCUT2D eigenvalue weighted by Crippen LogP contribution is 2.33. The van der Waals surface area contributed by atoms with Gasteiger partial charge in [0.15, 0.2) is 0 Å². The molecule has 3 rings (SSSR count). The maximum absolute atomic E-state index is 5.78. The van der Waals surface area contributed by atoms with E-state index in [1.807, 2.05) is 24.0 Å². The zero-order valence-electron chi connectivity index (χ0n) is 9.11. The quantitative estimate of drug-likeness (QED) is 0.864. The van der Waals surface area contributed by atoms with Crippen molar-refractivity contribution in [2.75, 3.05) is 6.61 Å². The number of hydrogen-bond donors (Lipinski definition) is 0. The van der Waals surface area contributed by atoms with Gasteiger partial charge in [-0.1, -0.05) is 0 Å². The van der Waals surface area contributed by atoms with Crippen LogP contribution in [0, 0.1) is 5.92 Å². The van der Waals surface area contributed by atoms with E-state index in [0.29, 0.717) is 0 Å². The van der Waals surface area contributed by atoms with Gasteiger partial charge < -0.3 is 4.74 Å². The van der Waals surface area contributed by atoms with Gasteiger partial charge in [0.05, 0.1) is 16.6 Å². The Morgan fingerprint density at radius 3 is 3.06 bits per heavy atom. The van der Waals surface area contributed by atoms with Crippen LogP contribution in [-0.4, -0.2) is 16.4 Å². The van der Waals surface area contributed by atoms with Crippen LogP contribution in [0.1, 0.15) is 12.8 Å². The molecular weight excluding hydrogens is 268 g/mol. The van der Waals surface area contributed by atoms with Crippen molar-refractivity contribution in [1.82, 2.24) is 9.78 Å². The maximum Gasteiger partial charge on any atom is 0.135 e. The van der Waals surface area contributed by atoms with Crippen molar-refractivity contribution >= 4 is 26.8 Å². The molecule has 0 amide bonds. The van der Waals surface area contributed by atoms with Crippen molar-refractivity contribution in [3.05, 3.63) is 22.8 Å². The summed E-state index contributed by atoms with van der Waals surface area (Å²) >= 11 is 3.54. The molecule has 0 unspecified atom stereocenters. The van der Waals surface area contributed by atoms with Crippen LogP contribution in [0.25, 0.3) is 10.9 Å². The Kier molecular flexibility index (Phi) is 2.39. The molecule has 4 heteroatoms. The Hall–Kier alpha value is -1.03. The van der Waals surface area contributed by atoms with E-state index in [4.69, 9.17) is 4.74 Å². The molecule has 0 saturated heterocycles. The molecule has 0 atom stereocenters. The molecule has 1 aromatic carbocycles. The molecule has 0 spiro atoms. The second-order valence-corrected chi connectivity index (χ2v) is 5.25.